The van der Waals surface area contributed by atoms with Gasteiger partial charge in [-0.3, -0.25) is 0 Å². The summed E-state index contributed by atoms with van der Waals surface area (Å²) in [4.78, 5) is 10.5. The Hall–Kier alpha value is -7.14. The molecule has 8 aromatic carbocycles. The first-order valence-corrected chi connectivity index (χ1v) is 19.7. The van der Waals surface area contributed by atoms with Gasteiger partial charge in [-0.25, -0.2) is 9.97 Å². The Morgan fingerprint density at radius 1 is 0.375 bits per heavy atom. The number of hydrogen-bond acceptors (Lipinski definition) is 3. The summed E-state index contributed by atoms with van der Waals surface area (Å²) < 4.78 is 5.04. The quantitative estimate of drug-likeness (QED) is 0.170. The van der Waals surface area contributed by atoms with E-state index in [2.05, 4.69) is 187 Å². The maximum Gasteiger partial charge on any atom is 0.160 e. The molecule has 11 aromatic rings. The van der Waals surface area contributed by atoms with Crippen molar-refractivity contribution < 1.29 is 0 Å². The highest BCUT2D eigenvalue weighted by molar-refractivity contribution is 7.26. The molecule has 0 N–H and O–H groups in total. The Balaban J connectivity index is 1.15. The molecule has 0 bridgehead atoms. The second-order valence-electron chi connectivity index (χ2n) is 14.2. The van der Waals surface area contributed by atoms with Crippen molar-refractivity contribution >= 4 is 53.3 Å². The van der Waals surface area contributed by atoms with Gasteiger partial charge < -0.3 is 4.57 Å². The van der Waals surface area contributed by atoms with Gasteiger partial charge in [0, 0.05) is 58.9 Å². The third-order valence-electron chi connectivity index (χ3n) is 10.8. The third-order valence-corrected chi connectivity index (χ3v) is 12.0. The van der Waals surface area contributed by atoms with Gasteiger partial charge in [-0.1, -0.05) is 164 Å². The first kappa shape index (κ1) is 32.3. The van der Waals surface area contributed by atoms with Gasteiger partial charge in [0.05, 0.1) is 22.4 Å². The SMILES string of the molecule is c1ccc(-c2ccc(-c3cc(-c4cccc5c4c4ccccc4n5-c4cc(-c5ccccc5)c5sc6ccccc6c5c4)nc(-c4ccccc4)n3)cc2)cc1. The summed E-state index contributed by atoms with van der Waals surface area (Å²) in [6, 6.07) is 71.4. The molecular weight excluding hydrogens is 699 g/mol. The number of nitrogens with zero attached hydrogens (tertiary/aromatic N) is 3. The first-order valence-electron chi connectivity index (χ1n) is 18.9. The summed E-state index contributed by atoms with van der Waals surface area (Å²) in [5.41, 5.74) is 13.1. The number of thiophene rings is 1. The summed E-state index contributed by atoms with van der Waals surface area (Å²) >= 11 is 1.87. The fraction of sp³-hybridized carbons (Fsp3) is 0. The summed E-state index contributed by atoms with van der Waals surface area (Å²) in [6.07, 6.45) is 0. The van der Waals surface area contributed by atoms with Crippen molar-refractivity contribution in [3.63, 3.8) is 0 Å². The van der Waals surface area contributed by atoms with Crippen LogP contribution < -0.4 is 0 Å². The lowest BCUT2D eigenvalue weighted by atomic mass is 10.00. The van der Waals surface area contributed by atoms with E-state index < -0.39 is 0 Å². The van der Waals surface area contributed by atoms with Gasteiger partial charge >= 0.3 is 0 Å². The van der Waals surface area contributed by atoms with Gasteiger partial charge in [-0.15, -0.1) is 11.3 Å². The zero-order valence-electron chi connectivity index (χ0n) is 30.3. The van der Waals surface area contributed by atoms with Crippen LogP contribution in [0, 0.1) is 0 Å². The van der Waals surface area contributed by atoms with Crippen molar-refractivity contribution in [3.8, 4) is 61.8 Å². The third kappa shape index (κ3) is 5.42. The number of hydrogen-bond donors (Lipinski definition) is 0. The van der Waals surface area contributed by atoms with Crippen LogP contribution in [0.15, 0.2) is 200 Å². The lowest BCUT2D eigenvalue weighted by molar-refractivity contribution is 1.18. The molecule has 3 aromatic heterocycles. The van der Waals surface area contributed by atoms with Gasteiger partial charge in [0.1, 0.15) is 0 Å². The highest BCUT2D eigenvalue weighted by Crippen LogP contribution is 2.44. The molecule has 0 radical (unpaired) electrons. The number of para-hydroxylation sites is 1. The van der Waals surface area contributed by atoms with Crippen molar-refractivity contribution in [2.24, 2.45) is 0 Å². The molecule has 0 spiro atoms. The van der Waals surface area contributed by atoms with Crippen LogP contribution in [-0.2, 0) is 0 Å². The minimum absolute atomic E-state index is 0.702. The Labute approximate surface area is 328 Å². The predicted octanol–water partition coefficient (Wildman–Crippen LogP) is 14.3. The van der Waals surface area contributed by atoms with Crippen LogP contribution in [0.4, 0.5) is 0 Å². The second kappa shape index (κ2) is 13.3. The molecule has 0 aliphatic carbocycles. The molecule has 262 valence electrons. The molecule has 0 saturated carbocycles. The smallest absolute Gasteiger partial charge is 0.160 e. The van der Waals surface area contributed by atoms with Crippen LogP contribution >= 0.6 is 11.3 Å². The zero-order valence-corrected chi connectivity index (χ0v) is 31.1. The highest BCUT2D eigenvalue weighted by Gasteiger charge is 2.21. The van der Waals surface area contributed by atoms with Crippen molar-refractivity contribution in [2.75, 3.05) is 0 Å². The molecule has 3 nitrogen and oxygen atoms in total. The van der Waals surface area contributed by atoms with Gasteiger partial charge in [-0.2, -0.15) is 0 Å². The predicted molar refractivity (Wildman–Crippen MR) is 236 cm³/mol. The molecule has 3 heterocycles. The average molecular weight is 732 g/mol. The van der Waals surface area contributed by atoms with Gasteiger partial charge in [-0.05, 0) is 53.1 Å². The van der Waals surface area contributed by atoms with E-state index in [1.807, 2.05) is 29.5 Å². The molecule has 0 saturated heterocycles. The summed E-state index contributed by atoms with van der Waals surface area (Å²) in [5.74, 6) is 0.702. The molecule has 0 unspecified atom stereocenters. The van der Waals surface area contributed by atoms with Crippen molar-refractivity contribution in [2.45, 2.75) is 0 Å². The van der Waals surface area contributed by atoms with Crippen LogP contribution in [0.2, 0.25) is 0 Å². The van der Waals surface area contributed by atoms with Crippen LogP contribution in [0.3, 0.4) is 0 Å². The fourth-order valence-electron chi connectivity index (χ4n) is 8.20. The van der Waals surface area contributed by atoms with Crippen LogP contribution in [0.5, 0.6) is 0 Å². The number of fused-ring (bicyclic) bond motifs is 6. The second-order valence-corrected chi connectivity index (χ2v) is 15.2. The normalized spacial score (nSPS) is 11.6. The fourth-order valence-corrected chi connectivity index (χ4v) is 9.42. The number of rotatable bonds is 6. The van der Waals surface area contributed by atoms with E-state index in [1.165, 1.54) is 53.2 Å². The van der Waals surface area contributed by atoms with E-state index >= 15 is 0 Å². The largest absolute Gasteiger partial charge is 0.309 e. The van der Waals surface area contributed by atoms with Crippen molar-refractivity contribution in [1.82, 2.24) is 14.5 Å². The van der Waals surface area contributed by atoms with E-state index in [0.29, 0.717) is 5.82 Å². The lowest BCUT2D eigenvalue weighted by Gasteiger charge is -2.13. The maximum atomic E-state index is 5.31. The minimum atomic E-state index is 0.702. The monoisotopic (exact) mass is 731 g/mol. The molecule has 0 aliphatic rings. The van der Waals surface area contributed by atoms with E-state index in [1.54, 1.807) is 0 Å². The molecular formula is C52H33N3S. The molecule has 0 aliphatic heterocycles. The van der Waals surface area contributed by atoms with Crippen LogP contribution in [0.25, 0.3) is 104 Å². The van der Waals surface area contributed by atoms with E-state index in [4.69, 9.17) is 9.97 Å². The number of aromatic nitrogens is 3. The standard InChI is InChI=1S/C52H33N3S/c1-4-15-34(16-5-1)35-27-29-37(30-28-35)45-33-46(54-52(53-45)38-19-8-3-9-20-38)41-23-14-25-48-50(41)42-22-10-12-24-47(42)55(48)39-31-43(36-17-6-2-7-18-36)51-44(32-39)40-21-11-13-26-49(40)56-51/h1-33H. The Morgan fingerprint density at radius 3 is 1.73 bits per heavy atom. The summed E-state index contributed by atoms with van der Waals surface area (Å²) in [7, 11) is 0. The zero-order chi connectivity index (χ0) is 37.0. The van der Waals surface area contributed by atoms with Crippen LogP contribution in [-0.4, -0.2) is 14.5 Å². The molecule has 11 rings (SSSR count). The van der Waals surface area contributed by atoms with E-state index in [-0.39, 0.29) is 0 Å². The van der Waals surface area contributed by atoms with E-state index in [9.17, 15) is 0 Å². The van der Waals surface area contributed by atoms with Gasteiger partial charge in [0.15, 0.2) is 5.82 Å². The average Bonchev–Trinajstić information content (AvgIpc) is 3.83. The van der Waals surface area contributed by atoms with E-state index in [0.717, 1.165) is 44.8 Å². The van der Waals surface area contributed by atoms with Crippen molar-refractivity contribution in [3.05, 3.63) is 200 Å². The molecule has 0 atom stereocenters. The number of benzene rings is 8. The molecule has 0 fully saturated rings. The molecule has 0 amide bonds. The minimum Gasteiger partial charge on any atom is -0.309 e. The van der Waals surface area contributed by atoms with Crippen molar-refractivity contribution in [1.29, 1.82) is 0 Å². The van der Waals surface area contributed by atoms with Gasteiger partial charge in [0.2, 0.25) is 0 Å². The Morgan fingerprint density at radius 2 is 0.964 bits per heavy atom. The first-order chi connectivity index (χ1) is 27.8. The lowest BCUT2D eigenvalue weighted by Crippen LogP contribution is -1.97. The Kier molecular flexibility index (Phi) is 7.68. The highest BCUT2D eigenvalue weighted by atomic mass is 32.1. The summed E-state index contributed by atoms with van der Waals surface area (Å²) in [6.45, 7) is 0. The maximum absolute atomic E-state index is 5.31. The van der Waals surface area contributed by atoms with Gasteiger partial charge in [0.25, 0.3) is 0 Å². The van der Waals surface area contributed by atoms with Crippen LogP contribution in [0.1, 0.15) is 0 Å². The molecule has 56 heavy (non-hydrogen) atoms. The summed E-state index contributed by atoms with van der Waals surface area (Å²) in [5, 5.41) is 4.91. The Bertz CT molecular complexity index is 3220. The molecule has 4 heteroatoms. The topological polar surface area (TPSA) is 30.7 Å².